The lowest BCUT2D eigenvalue weighted by molar-refractivity contribution is -0.156. The number of carbonyl (C=O) groups excluding carboxylic acids is 3. The van der Waals surface area contributed by atoms with Gasteiger partial charge in [-0.15, -0.1) is 0 Å². The predicted octanol–water partition coefficient (Wildman–Crippen LogP) is 1.61. The molecule has 0 radical (unpaired) electrons. The van der Waals surface area contributed by atoms with Gasteiger partial charge in [-0.2, -0.15) is 0 Å². The fourth-order valence-electron chi connectivity index (χ4n) is 1.24. The summed E-state index contributed by atoms with van der Waals surface area (Å²) in [5.41, 5.74) is 4.77. The Morgan fingerprint density at radius 2 is 2.10 bits per heavy atom. The molecule has 1 rings (SSSR count). The number of carbonyl (C=O) groups is 3. The van der Waals surface area contributed by atoms with E-state index in [9.17, 15) is 14.4 Å². The first kappa shape index (κ1) is 17.3. The van der Waals surface area contributed by atoms with Crippen molar-refractivity contribution in [1.82, 2.24) is 5.32 Å². The van der Waals surface area contributed by atoms with Crippen molar-refractivity contribution in [3.05, 3.63) is 27.7 Å². The van der Waals surface area contributed by atoms with Crippen LogP contribution >= 0.6 is 27.5 Å². The van der Waals surface area contributed by atoms with Crippen molar-refractivity contribution in [3.63, 3.8) is 0 Å². The monoisotopic (exact) mass is 378 g/mol. The van der Waals surface area contributed by atoms with Gasteiger partial charge in [0.1, 0.15) is 5.75 Å². The first-order valence-electron chi connectivity index (χ1n) is 5.67. The first-order chi connectivity index (χ1) is 9.79. The number of primary amides is 1. The number of imide groups is 1. The van der Waals surface area contributed by atoms with Crippen LogP contribution in [0.15, 0.2) is 22.7 Å². The molecule has 0 fully saturated rings. The van der Waals surface area contributed by atoms with Gasteiger partial charge in [-0.1, -0.05) is 11.6 Å². The summed E-state index contributed by atoms with van der Waals surface area (Å²) >= 11 is 8.99. The van der Waals surface area contributed by atoms with E-state index < -0.39 is 30.6 Å². The first-order valence-corrected chi connectivity index (χ1v) is 6.84. The molecule has 3 N–H and O–H groups in total. The summed E-state index contributed by atoms with van der Waals surface area (Å²) in [5.74, 6) is -1.20. The van der Waals surface area contributed by atoms with E-state index in [1.165, 1.54) is 6.92 Å². The normalized spacial score (nSPS) is 11.4. The highest BCUT2D eigenvalue weighted by atomic mass is 79.9. The van der Waals surface area contributed by atoms with Crippen LogP contribution < -0.4 is 15.8 Å². The third kappa shape index (κ3) is 6.01. The minimum Gasteiger partial charge on any atom is -0.481 e. The number of hydrogen-bond acceptors (Lipinski definition) is 5. The standard InChI is InChI=1S/C12H12BrClN2O5/c1-6(11(18)16-12(15)19)21-10(17)5-20-9-3-2-7(14)4-8(9)13/h2-4,6H,5H2,1H3,(H3,15,16,18,19)/t6-/m1/s1. The highest BCUT2D eigenvalue weighted by Gasteiger charge is 2.19. The van der Waals surface area contributed by atoms with Crippen LogP contribution in [0.1, 0.15) is 6.92 Å². The summed E-state index contributed by atoms with van der Waals surface area (Å²) in [6.45, 7) is 0.892. The van der Waals surface area contributed by atoms with Gasteiger partial charge in [0.15, 0.2) is 12.7 Å². The van der Waals surface area contributed by atoms with Gasteiger partial charge in [0.25, 0.3) is 5.91 Å². The second-order valence-corrected chi connectivity index (χ2v) is 5.14. The van der Waals surface area contributed by atoms with E-state index in [1.807, 2.05) is 0 Å². The largest absolute Gasteiger partial charge is 0.481 e. The van der Waals surface area contributed by atoms with E-state index in [4.69, 9.17) is 26.8 Å². The molecule has 0 aliphatic heterocycles. The van der Waals surface area contributed by atoms with Crippen molar-refractivity contribution < 1.29 is 23.9 Å². The van der Waals surface area contributed by atoms with E-state index in [0.717, 1.165) is 0 Å². The topological polar surface area (TPSA) is 108 Å². The Morgan fingerprint density at radius 1 is 1.43 bits per heavy atom. The molecule has 0 saturated carbocycles. The Labute approximate surface area is 133 Å². The SMILES string of the molecule is C[C@@H](OC(=O)COc1ccc(Cl)cc1Br)C(=O)NC(N)=O. The minimum atomic E-state index is -1.16. The van der Waals surface area contributed by atoms with E-state index in [0.29, 0.717) is 15.2 Å². The van der Waals surface area contributed by atoms with Gasteiger partial charge >= 0.3 is 12.0 Å². The Hall–Kier alpha value is -1.80. The highest BCUT2D eigenvalue weighted by Crippen LogP contribution is 2.27. The van der Waals surface area contributed by atoms with E-state index >= 15 is 0 Å². The van der Waals surface area contributed by atoms with Crippen molar-refractivity contribution in [3.8, 4) is 5.75 Å². The molecule has 1 aromatic carbocycles. The van der Waals surface area contributed by atoms with Gasteiger partial charge in [-0.05, 0) is 41.1 Å². The second-order valence-electron chi connectivity index (χ2n) is 3.85. The third-order valence-corrected chi connectivity index (χ3v) is 3.02. The third-order valence-electron chi connectivity index (χ3n) is 2.16. The number of nitrogens with two attached hydrogens (primary N) is 1. The number of esters is 1. The molecule has 0 unspecified atom stereocenters. The lowest BCUT2D eigenvalue weighted by atomic mass is 10.3. The quantitative estimate of drug-likeness (QED) is 0.756. The van der Waals surface area contributed by atoms with Gasteiger partial charge in [-0.3, -0.25) is 10.1 Å². The molecule has 3 amide bonds. The highest BCUT2D eigenvalue weighted by molar-refractivity contribution is 9.10. The van der Waals surface area contributed by atoms with Gasteiger partial charge in [-0.25, -0.2) is 9.59 Å². The molecular formula is C12H12BrClN2O5. The van der Waals surface area contributed by atoms with E-state index in [1.54, 1.807) is 23.5 Å². The number of nitrogens with one attached hydrogen (secondary N) is 1. The van der Waals surface area contributed by atoms with Crippen LogP contribution in [0.25, 0.3) is 0 Å². The average molecular weight is 380 g/mol. The maximum absolute atomic E-state index is 11.5. The molecule has 1 atom stereocenters. The lowest BCUT2D eigenvalue weighted by Gasteiger charge is -2.13. The zero-order chi connectivity index (χ0) is 16.0. The number of urea groups is 1. The van der Waals surface area contributed by atoms with Crippen LogP contribution in [0.3, 0.4) is 0 Å². The number of rotatable bonds is 5. The summed E-state index contributed by atoms with van der Waals surface area (Å²) in [5, 5.41) is 2.30. The Kier molecular flexibility index (Phi) is 6.44. The smallest absolute Gasteiger partial charge is 0.344 e. The lowest BCUT2D eigenvalue weighted by Crippen LogP contribution is -2.42. The fraction of sp³-hybridized carbons (Fsp3) is 0.250. The summed E-state index contributed by atoms with van der Waals surface area (Å²) in [6, 6.07) is 3.74. The molecule has 1 aromatic rings. The molecule has 0 aliphatic carbocycles. The van der Waals surface area contributed by atoms with Crippen LogP contribution in [-0.4, -0.2) is 30.6 Å². The van der Waals surface area contributed by atoms with Crippen molar-refractivity contribution in [2.45, 2.75) is 13.0 Å². The number of ether oxygens (including phenoxy) is 2. The van der Waals surface area contributed by atoms with Gasteiger partial charge in [0.2, 0.25) is 0 Å². The van der Waals surface area contributed by atoms with Crippen molar-refractivity contribution in [1.29, 1.82) is 0 Å². The zero-order valence-corrected chi connectivity index (χ0v) is 13.2. The molecule has 0 spiro atoms. The molecule has 21 heavy (non-hydrogen) atoms. The number of amides is 3. The van der Waals surface area contributed by atoms with Gasteiger partial charge < -0.3 is 15.2 Å². The number of hydrogen-bond donors (Lipinski definition) is 2. The van der Waals surface area contributed by atoms with Crippen LogP contribution in [0.2, 0.25) is 5.02 Å². The minimum absolute atomic E-state index is 0.394. The molecule has 0 saturated heterocycles. The van der Waals surface area contributed by atoms with E-state index in [2.05, 4.69) is 15.9 Å². The number of halogens is 2. The van der Waals surface area contributed by atoms with Crippen LogP contribution in [0, 0.1) is 0 Å². The summed E-state index contributed by atoms with van der Waals surface area (Å²) in [7, 11) is 0. The van der Waals surface area contributed by atoms with Gasteiger partial charge in [0.05, 0.1) is 4.47 Å². The van der Waals surface area contributed by atoms with Crippen molar-refractivity contribution in [2.24, 2.45) is 5.73 Å². The Bertz CT molecular complexity index is 567. The average Bonchev–Trinajstić information content (AvgIpc) is 2.36. The van der Waals surface area contributed by atoms with Crippen LogP contribution in [0.4, 0.5) is 4.79 Å². The van der Waals surface area contributed by atoms with Crippen LogP contribution in [0.5, 0.6) is 5.75 Å². The predicted molar refractivity (Wildman–Crippen MR) is 77.9 cm³/mol. The second kappa shape index (κ2) is 7.84. The maximum atomic E-state index is 11.5. The van der Waals surface area contributed by atoms with Gasteiger partial charge in [0, 0.05) is 5.02 Å². The summed E-state index contributed by atoms with van der Waals surface area (Å²) < 4.78 is 10.6. The molecule has 9 heteroatoms. The van der Waals surface area contributed by atoms with Crippen molar-refractivity contribution in [2.75, 3.05) is 6.61 Å². The summed E-state index contributed by atoms with van der Waals surface area (Å²) in [6.07, 6.45) is -1.16. The van der Waals surface area contributed by atoms with E-state index in [-0.39, 0.29) is 0 Å². The van der Waals surface area contributed by atoms with Crippen LogP contribution in [-0.2, 0) is 14.3 Å². The zero-order valence-electron chi connectivity index (χ0n) is 10.9. The Morgan fingerprint density at radius 3 is 2.67 bits per heavy atom. The molecular weight excluding hydrogens is 367 g/mol. The molecule has 0 bridgehead atoms. The molecule has 0 aromatic heterocycles. The molecule has 0 aliphatic rings. The molecule has 114 valence electrons. The maximum Gasteiger partial charge on any atom is 0.344 e. The number of benzene rings is 1. The fourth-order valence-corrected chi connectivity index (χ4v) is 2.03. The van der Waals surface area contributed by atoms with Crippen molar-refractivity contribution >= 4 is 45.4 Å². The molecule has 7 nitrogen and oxygen atoms in total. The Balaban J connectivity index is 2.47. The summed E-state index contributed by atoms with van der Waals surface area (Å²) in [4.78, 5) is 33.3. The molecule has 0 heterocycles.